The topological polar surface area (TPSA) is 75.3 Å². The molecule has 1 N–H and O–H groups in total. The van der Waals surface area contributed by atoms with Crippen molar-refractivity contribution < 1.29 is 18.3 Å². The van der Waals surface area contributed by atoms with E-state index >= 15 is 0 Å². The highest BCUT2D eigenvalue weighted by molar-refractivity contribution is 5.75. The molecular weight excluding hydrogens is 320 g/mol. The molecule has 0 aliphatic carbocycles. The van der Waals surface area contributed by atoms with Crippen LogP contribution in [0.25, 0.3) is 0 Å². The highest BCUT2D eigenvalue weighted by Gasteiger charge is 2.41. The van der Waals surface area contributed by atoms with Crippen LogP contribution in [0.2, 0.25) is 0 Å². The van der Waals surface area contributed by atoms with E-state index in [0.717, 1.165) is 12.1 Å². The number of hydrogen-bond donors (Lipinski definition) is 1. The number of benzene rings is 1. The van der Waals surface area contributed by atoms with Crippen molar-refractivity contribution >= 4 is 11.8 Å². The molecule has 2 heterocycles. The first-order chi connectivity index (χ1) is 11.5. The van der Waals surface area contributed by atoms with Gasteiger partial charge in [-0.1, -0.05) is 6.07 Å². The van der Waals surface area contributed by atoms with Gasteiger partial charge in [0.25, 0.3) is 5.56 Å². The van der Waals surface area contributed by atoms with Crippen molar-refractivity contribution in [1.29, 1.82) is 0 Å². The summed E-state index contributed by atoms with van der Waals surface area (Å²) >= 11 is 0. The standard InChI is InChI=1S/C16H15F2N3O3/c1-24-16(23)12-8-21(14-4-5-15(22)20-19-14)7-11(12)10-3-2-9(17)6-13(10)18/h2-6,11-12H,7-8H2,1H3,(H,20,22). The number of H-pyrrole nitrogens is 1. The normalized spacial score (nSPS) is 20.2. The van der Waals surface area contributed by atoms with E-state index < -0.39 is 29.4 Å². The van der Waals surface area contributed by atoms with E-state index in [1.54, 1.807) is 4.90 Å². The molecule has 1 aliphatic heterocycles. The highest BCUT2D eigenvalue weighted by atomic mass is 19.1. The largest absolute Gasteiger partial charge is 0.469 e. The zero-order valence-electron chi connectivity index (χ0n) is 12.8. The summed E-state index contributed by atoms with van der Waals surface area (Å²) < 4.78 is 32.1. The van der Waals surface area contributed by atoms with E-state index in [1.807, 2.05) is 0 Å². The number of esters is 1. The Balaban J connectivity index is 1.95. The van der Waals surface area contributed by atoms with Gasteiger partial charge >= 0.3 is 5.97 Å². The number of rotatable bonds is 3. The first kappa shape index (κ1) is 16.1. The zero-order valence-corrected chi connectivity index (χ0v) is 12.8. The summed E-state index contributed by atoms with van der Waals surface area (Å²) in [5, 5.41) is 6.25. The minimum absolute atomic E-state index is 0.249. The number of hydrogen-bond acceptors (Lipinski definition) is 5. The SMILES string of the molecule is COC(=O)C1CN(c2ccc(=O)[nH]n2)CC1c1ccc(F)cc1F. The molecule has 6 nitrogen and oxygen atoms in total. The third-order valence-electron chi connectivity index (χ3n) is 4.17. The van der Waals surface area contributed by atoms with Gasteiger partial charge in [-0.3, -0.25) is 9.59 Å². The molecule has 0 saturated carbocycles. The first-order valence-corrected chi connectivity index (χ1v) is 7.33. The maximum absolute atomic E-state index is 14.2. The molecule has 0 spiro atoms. The number of halogens is 2. The maximum atomic E-state index is 14.2. The van der Waals surface area contributed by atoms with Gasteiger partial charge < -0.3 is 9.64 Å². The molecule has 2 atom stereocenters. The van der Waals surface area contributed by atoms with E-state index in [4.69, 9.17) is 4.74 Å². The smallest absolute Gasteiger partial charge is 0.311 e. The van der Waals surface area contributed by atoms with Gasteiger partial charge in [0.15, 0.2) is 0 Å². The van der Waals surface area contributed by atoms with E-state index in [0.29, 0.717) is 12.4 Å². The van der Waals surface area contributed by atoms with Crippen molar-refractivity contribution in [3.63, 3.8) is 0 Å². The summed E-state index contributed by atoms with van der Waals surface area (Å²) in [6.07, 6.45) is 0. The van der Waals surface area contributed by atoms with Crippen molar-refractivity contribution in [3.05, 3.63) is 57.9 Å². The summed E-state index contributed by atoms with van der Waals surface area (Å²) in [7, 11) is 1.27. The van der Waals surface area contributed by atoms with Crippen LogP contribution >= 0.6 is 0 Å². The number of anilines is 1. The first-order valence-electron chi connectivity index (χ1n) is 7.33. The Morgan fingerprint density at radius 1 is 1.29 bits per heavy atom. The fourth-order valence-electron chi connectivity index (χ4n) is 3.01. The van der Waals surface area contributed by atoms with Crippen LogP contribution in [0.5, 0.6) is 0 Å². The average molecular weight is 335 g/mol. The molecule has 1 aromatic heterocycles. The lowest BCUT2D eigenvalue weighted by atomic mass is 9.88. The van der Waals surface area contributed by atoms with Gasteiger partial charge in [-0.2, -0.15) is 5.10 Å². The Kier molecular flexibility index (Phi) is 4.28. The molecule has 0 amide bonds. The van der Waals surface area contributed by atoms with Crippen molar-refractivity contribution in [2.24, 2.45) is 5.92 Å². The number of carbonyl (C=O) groups excluding carboxylic acids is 1. The summed E-state index contributed by atoms with van der Waals surface area (Å²) in [6, 6.07) is 6.14. The Bertz CT molecular complexity index is 804. The Labute approximate surface area is 136 Å². The molecule has 8 heteroatoms. The second-order valence-electron chi connectivity index (χ2n) is 5.59. The number of nitrogens with one attached hydrogen (secondary N) is 1. The van der Waals surface area contributed by atoms with Gasteiger partial charge in [-0.05, 0) is 17.7 Å². The predicted octanol–water partition coefficient (Wildman–Crippen LogP) is 1.44. The summed E-state index contributed by atoms with van der Waals surface area (Å²) in [6.45, 7) is 0.550. The van der Waals surface area contributed by atoms with Gasteiger partial charge in [0.2, 0.25) is 0 Å². The quantitative estimate of drug-likeness (QED) is 0.859. The van der Waals surface area contributed by atoms with Gasteiger partial charge in [-0.25, -0.2) is 13.9 Å². The van der Waals surface area contributed by atoms with Crippen molar-refractivity contribution in [1.82, 2.24) is 10.2 Å². The third kappa shape index (κ3) is 2.99. The second kappa shape index (κ2) is 6.38. The van der Waals surface area contributed by atoms with Crippen LogP contribution < -0.4 is 10.5 Å². The Morgan fingerprint density at radius 3 is 2.71 bits per heavy atom. The van der Waals surface area contributed by atoms with E-state index in [-0.39, 0.29) is 17.7 Å². The molecule has 1 aliphatic rings. The van der Waals surface area contributed by atoms with Crippen LogP contribution in [-0.4, -0.2) is 36.4 Å². The van der Waals surface area contributed by atoms with Crippen LogP contribution in [0.15, 0.2) is 35.1 Å². The number of ether oxygens (including phenoxy) is 1. The molecule has 126 valence electrons. The lowest BCUT2D eigenvalue weighted by Crippen LogP contribution is -2.25. The van der Waals surface area contributed by atoms with Crippen molar-refractivity contribution in [2.75, 3.05) is 25.1 Å². The molecule has 3 rings (SSSR count). The molecular formula is C16H15F2N3O3. The molecule has 24 heavy (non-hydrogen) atoms. The molecule has 1 aromatic carbocycles. The number of carbonyl (C=O) groups is 1. The highest BCUT2D eigenvalue weighted by Crippen LogP contribution is 2.36. The number of methoxy groups -OCH3 is 1. The minimum Gasteiger partial charge on any atom is -0.469 e. The predicted molar refractivity (Wildman–Crippen MR) is 81.7 cm³/mol. The van der Waals surface area contributed by atoms with E-state index in [2.05, 4.69) is 10.2 Å². The maximum Gasteiger partial charge on any atom is 0.311 e. The van der Waals surface area contributed by atoms with Crippen LogP contribution in [0.3, 0.4) is 0 Å². The van der Waals surface area contributed by atoms with Crippen LogP contribution in [0.4, 0.5) is 14.6 Å². The average Bonchev–Trinajstić information content (AvgIpc) is 2.99. The summed E-state index contributed by atoms with van der Waals surface area (Å²) in [5.74, 6) is -2.52. The molecule has 2 aromatic rings. The lowest BCUT2D eigenvalue weighted by molar-refractivity contribution is -0.145. The van der Waals surface area contributed by atoms with Crippen molar-refractivity contribution in [2.45, 2.75) is 5.92 Å². The lowest BCUT2D eigenvalue weighted by Gasteiger charge is -2.17. The fourth-order valence-corrected chi connectivity index (χ4v) is 3.01. The Hall–Kier alpha value is -2.77. The van der Waals surface area contributed by atoms with Gasteiger partial charge in [0, 0.05) is 31.1 Å². The molecule has 1 fully saturated rings. The van der Waals surface area contributed by atoms with Crippen LogP contribution in [0, 0.1) is 17.6 Å². The van der Waals surface area contributed by atoms with E-state index in [9.17, 15) is 18.4 Å². The monoisotopic (exact) mass is 335 g/mol. The minimum atomic E-state index is -0.704. The summed E-state index contributed by atoms with van der Waals surface area (Å²) in [4.78, 5) is 25.0. The Morgan fingerprint density at radius 2 is 2.08 bits per heavy atom. The number of aromatic amines is 1. The van der Waals surface area contributed by atoms with Crippen molar-refractivity contribution in [3.8, 4) is 0 Å². The van der Waals surface area contributed by atoms with E-state index in [1.165, 1.54) is 25.3 Å². The molecule has 2 unspecified atom stereocenters. The third-order valence-corrected chi connectivity index (χ3v) is 4.17. The number of aromatic nitrogens is 2. The van der Waals surface area contributed by atoms with Crippen LogP contribution in [-0.2, 0) is 9.53 Å². The molecule has 0 radical (unpaired) electrons. The fraction of sp³-hybridized carbons (Fsp3) is 0.312. The molecule has 0 bridgehead atoms. The molecule has 1 saturated heterocycles. The zero-order chi connectivity index (χ0) is 17.3. The van der Waals surface area contributed by atoms with Crippen LogP contribution in [0.1, 0.15) is 11.5 Å². The number of nitrogens with zero attached hydrogens (tertiary/aromatic N) is 2. The van der Waals surface area contributed by atoms with Gasteiger partial charge in [0.1, 0.15) is 17.5 Å². The van der Waals surface area contributed by atoms with Gasteiger partial charge in [-0.15, -0.1) is 0 Å². The summed E-state index contributed by atoms with van der Waals surface area (Å²) in [5.41, 5.74) is -0.0951. The van der Waals surface area contributed by atoms with Gasteiger partial charge in [0.05, 0.1) is 13.0 Å². The second-order valence-corrected chi connectivity index (χ2v) is 5.59.